The van der Waals surface area contributed by atoms with E-state index in [0.29, 0.717) is 11.8 Å². The first-order valence-corrected chi connectivity index (χ1v) is 11.8. The molecular formula is C32H30. The van der Waals surface area contributed by atoms with Crippen molar-refractivity contribution >= 4 is 33.7 Å². The van der Waals surface area contributed by atoms with Crippen molar-refractivity contribution in [2.75, 3.05) is 0 Å². The Morgan fingerprint density at radius 3 is 1.16 bits per heavy atom. The highest BCUT2D eigenvalue weighted by Gasteiger charge is 2.35. The van der Waals surface area contributed by atoms with E-state index in [1.54, 1.807) is 0 Å². The third kappa shape index (κ3) is 2.75. The molecule has 6 rings (SSSR count). The van der Waals surface area contributed by atoms with E-state index in [2.05, 4.69) is 102 Å². The lowest BCUT2D eigenvalue weighted by Crippen LogP contribution is -2.19. The maximum absolute atomic E-state index is 2.45. The van der Waals surface area contributed by atoms with Crippen LogP contribution in [0.1, 0.15) is 70.2 Å². The van der Waals surface area contributed by atoms with Gasteiger partial charge in [-0.25, -0.2) is 0 Å². The highest BCUT2D eigenvalue weighted by molar-refractivity contribution is 6.00. The van der Waals surface area contributed by atoms with Gasteiger partial charge in [0.15, 0.2) is 0 Å². The zero-order chi connectivity index (χ0) is 22.3. The second kappa shape index (κ2) is 6.69. The summed E-state index contributed by atoms with van der Waals surface area (Å²) in [6.07, 6.45) is 4.90. The Balaban J connectivity index is 1.68. The quantitative estimate of drug-likeness (QED) is 0.292. The average molecular weight is 415 g/mol. The number of aryl methyl sites for hydroxylation is 4. The van der Waals surface area contributed by atoms with Gasteiger partial charge in [-0.3, -0.25) is 0 Å². The summed E-state index contributed by atoms with van der Waals surface area (Å²) in [5.74, 6) is 0.728. The Kier molecular flexibility index (Phi) is 4.09. The molecule has 32 heavy (non-hydrogen) atoms. The predicted octanol–water partition coefficient (Wildman–Crippen LogP) is 8.93. The lowest BCUT2D eigenvalue weighted by Gasteiger charge is -2.37. The molecule has 158 valence electrons. The number of hydrogen-bond acceptors (Lipinski definition) is 0. The van der Waals surface area contributed by atoms with Crippen molar-refractivity contribution in [3.05, 3.63) is 104 Å². The van der Waals surface area contributed by atoms with E-state index in [0.717, 1.165) is 0 Å². The van der Waals surface area contributed by atoms with Crippen LogP contribution >= 0.6 is 0 Å². The summed E-state index contributed by atoms with van der Waals surface area (Å²) in [5, 5.41) is 5.66. The van der Waals surface area contributed by atoms with Crippen LogP contribution in [0.15, 0.2) is 59.7 Å². The Bertz CT molecular complexity index is 1400. The van der Waals surface area contributed by atoms with Gasteiger partial charge < -0.3 is 0 Å². The van der Waals surface area contributed by atoms with Gasteiger partial charge in [0, 0.05) is 11.8 Å². The van der Waals surface area contributed by atoms with Crippen LogP contribution in [0.25, 0.3) is 33.7 Å². The van der Waals surface area contributed by atoms with Crippen molar-refractivity contribution in [1.29, 1.82) is 0 Å². The standard InChI is InChI=1S/C32H30/c1-17-7-23-11-19(3)13-27-29(21(5)15-25(9-17)31(23)27)30-22(6)16-26-10-18(2)8-24-12-20(4)14-28(30)32(24)26/h7-16,29-30H,1-6H3/t29-,30-/m1/s1. The zero-order valence-corrected chi connectivity index (χ0v) is 19.9. The van der Waals surface area contributed by atoms with Crippen LogP contribution in [0.5, 0.6) is 0 Å². The molecule has 0 amide bonds. The topological polar surface area (TPSA) is 0 Å². The average Bonchev–Trinajstić information content (AvgIpc) is 2.68. The molecule has 0 spiro atoms. The normalized spacial score (nSPS) is 19.3. The van der Waals surface area contributed by atoms with Gasteiger partial charge in [-0.05, 0) is 96.5 Å². The van der Waals surface area contributed by atoms with Gasteiger partial charge in [-0.2, -0.15) is 0 Å². The van der Waals surface area contributed by atoms with Crippen LogP contribution in [0.4, 0.5) is 0 Å². The summed E-state index contributed by atoms with van der Waals surface area (Å²) in [7, 11) is 0. The molecule has 0 saturated carbocycles. The molecule has 0 heteroatoms. The third-order valence-corrected chi connectivity index (χ3v) is 7.55. The first kappa shape index (κ1) is 19.6. The highest BCUT2D eigenvalue weighted by Crippen LogP contribution is 2.53. The van der Waals surface area contributed by atoms with Crippen molar-refractivity contribution < 1.29 is 0 Å². The lowest BCUT2D eigenvalue weighted by atomic mass is 9.66. The maximum Gasteiger partial charge on any atom is 0.0162 e. The molecule has 4 aromatic rings. The van der Waals surface area contributed by atoms with E-state index in [4.69, 9.17) is 0 Å². The summed E-state index contributed by atoms with van der Waals surface area (Å²) in [6, 6.07) is 19.0. The summed E-state index contributed by atoms with van der Waals surface area (Å²) >= 11 is 0. The molecule has 0 radical (unpaired) electrons. The second-order valence-corrected chi connectivity index (χ2v) is 10.3. The smallest absolute Gasteiger partial charge is 0.0162 e. The molecule has 0 fully saturated rings. The zero-order valence-electron chi connectivity index (χ0n) is 19.9. The van der Waals surface area contributed by atoms with Gasteiger partial charge in [0.25, 0.3) is 0 Å². The molecule has 0 unspecified atom stereocenters. The minimum absolute atomic E-state index is 0.364. The molecule has 0 aliphatic heterocycles. The molecule has 2 atom stereocenters. The molecule has 2 aliphatic carbocycles. The SMILES string of the molecule is CC1=Cc2cc(C)cc3cc(C)cc(c23)[C@@H]1[C@@H]1C(C)=Cc2cc(C)cc3cc(C)cc1c23. The van der Waals surface area contributed by atoms with E-state index in [9.17, 15) is 0 Å². The number of rotatable bonds is 1. The van der Waals surface area contributed by atoms with Crippen LogP contribution < -0.4 is 0 Å². The van der Waals surface area contributed by atoms with Gasteiger partial charge in [0.1, 0.15) is 0 Å². The molecule has 0 nitrogen and oxygen atoms in total. The van der Waals surface area contributed by atoms with Crippen molar-refractivity contribution in [3.8, 4) is 0 Å². The summed E-state index contributed by atoms with van der Waals surface area (Å²) in [4.78, 5) is 0. The highest BCUT2D eigenvalue weighted by atomic mass is 14.4. The van der Waals surface area contributed by atoms with Crippen LogP contribution in [0.3, 0.4) is 0 Å². The molecule has 2 aliphatic rings. The minimum atomic E-state index is 0.364. The van der Waals surface area contributed by atoms with E-state index < -0.39 is 0 Å². The fraction of sp³-hybridized carbons (Fsp3) is 0.250. The minimum Gasteiger partial charge on any atom is -0.0642 e. The van der Waals surface area contributed by atoms with Crippen molar-refractivity contribution in [1.82, 2.24) is 0 Å². The van der Waals surface area contributed by atoms with Crippen LogP contribution in [0.2, 0.25) is 0 Å². The van der Waals surface area contributed by atoms with Crippen LogP contribution in [0, 0.1) is 27.7 Å². The van der Waals surface area contributed by atoms with Gasteiger partial charge in [0.2, 0.25) is 0 Å². The van der Waals surface area contributed by atoms with E-state index >= 15 is 0 Å². The Hall–Kier alpha value is -3.12. The Morgan fingerprint density at radius 2 is 0.781 bits per heavy atom. The van der Waals surface area contributed by atoms with Crippen LogP contribution in [-0.2, 0) is 0 Å². The van der Waals surface area contributed by atoms with E-state index in [1.807, 2.05) is 0 Å². The van der Waals surface area contributed by atoms with Gasteiger partial charge in [-0.15, -0.1) is 0 Å². The largest absolute Gasteiger partial charge is 0.0642 e. The first-order valence-electron chi connectivity index (χ1n) is 11.8. The number of benzene rings is 4. The van der Waals surface area contributed by atoms with Crippen molar-refractivity contribution in [3.63, 3.8) is 0 Å². The van der Waals surface area contributed by atoms with Gasteiger partial charge in [-0.1, -0.05) is 83.0 Å². The number of hydrogen-bond donors (Lipinski definition) is 0. The fourth-order valence-corrected chi connectivity index (χ4v) is 6.55. The fourth-order valence-electron chi connectivity index (χ4n) is 6.55. The third-order valence-electron chi connectivity index (χ3n) is 7.55. The summed E-state index contributed by atoms with van der Waals surface area (Å²) in [5.41, 5.74) is 14.1. The maximum atomic E-state index is 2.45. The molecular weight excluding hydrogens is 384 g/mol. The van der Waals surface area contributed by atoms with Crippen molar-refractivity contribution in [2.24, 2.45) is 0 Å². The molecule has 0 N–H and O–H groups in total. The monoisotopic (exact) mass is 414 g/mol. The number of allylic oxidation sites excluding steroid dienone is 2. The van der Waals surface area contributed by atoms with E-state index in [-0.39, 0.29) is 0 Å². The molecule has 4 aromatic carbocycles. The first-order chi connectivity index (χ1) is 15.3. The van der Waals surface area contributed by atoms with Gasteiger partial charge >= 0.3 is 0 Å². The summed E-state index contributed by atoms with van der Waals surface area (Å²) in [6.45, 7) is 13.6. The summed E-state index contributed by atoms with van der Waals surface area (Å²) < 4.78 is 0. The van der Waals surface area contributed by atoms with Gasteiger partial charge in [0.05, 0.1) is 0 Å². The lowest BCUT2D eigenvalue weighted by molar-refractivity contribution is 0.678. The van der Waals surface area contributed by atoms with Crippen molar-refractivity contribution in [2.45, 2.75) is 53.4 Å². The molecule has 0 aromatic heterocycles. The van der Waals surface area contributed by atoms with Crippen LogP contribution in [-0.4, -0.2) is 0 Å². The predicted molar refractivity (Wildman–Crippen MR) is 140 cm³/mol. The van der Waals surface area contributed by atoms with E-state index in [1.165, 1.54) is 77.2 Å². The molecule has 0 saturated heterocycles. The molecule has 0 heterocycles. The Morgan fingerprint density at radius 1 is 0.438 bits per heavy atom. The Labute approximate surface area is 191 Å². The second-order valence-electron chi connectivity index (χ2n) is 10.3. The molecule has 0 bridgehead atoms.